The third kappa shape index (κ3) is 5.19. The van der Waals surface area contributed by atoms with Gasteiger partial charge in [-0.15, -0.1) is 0 Å². The predicted molar refractivity (Wildman–Crippen MR) is 78.2 cm³/mol. The van der Waals surface area contributed by atoms with E-state index in [1.165, 1.54) is 11.1 Å². The maximum atomic E-state index is 5.23. The molecule has 0 fully saturated rings. The SMILES string of the molecule is CCNC(CCc1ccc(C(C)C)cc1)COC. The van der Waals surface area contributed by atoms with Crippen LogP contribution in [0.4, 0.5) is 0 Å². The van der Waals surface area contributed by atoms with Crippen LogP contribution in [0.2, 0.25) is 0 Å². The molecular formula is C16H27NO. The molecule has 0 heterocycles. The van der Waals surface area contributed by atoms with Gasteiger partial charge in [0.15, 0.2) is 0 Å². The molecule has 0 aliphatic carbocycles. The minimum absolute atomic E-state index is 0.463. The Morgan fingerprint density at radius 1 is 1.17 bits per heavy atom. The summed E-state index contributed by atoms with van der Waals surface area (Å²) in [7, 11) is 1.77. The first-order valence-corrected chi connectivity index (χ1v) is 6.98. The van der Waals surface area contributed by atoms with Crippen molar-refractivity contribution in [1.29, 1.82) is 0 Å². The average Bonchev–Trinajstić information content (AvgIpc) is 2.37. The number of nitrogens with one attached hydrogen (secondary N) is 1. The Morgan fingerprint density at radius 2 is 1.83 bits per heavy atom. The van der Waals surface area contributed by atoms with Gasteiger partial charge in [-0.05, 0) is 36.4 Å². The highest BCUT2D eigenvalue weighted by atomic mass is 16.5. The van der Waals surface area contributed by atoms with E-state index in [0.29, 0.717) is 12.0 Å². The summed E-state index contributed by atoms with van der Waals surface area (Å²) in [6.45, 7) is 8.39. The van der Waals surface area contributed by atoms with Crippen LogP contribution < -0.4 is 5.32 Å². The van der Waals surface area contributed by atoms with E-state index in [0.717, 1.165) is 26.0 Å². The van der Waals surface area contributed by atoms with E-state index in [4.69, 9.17) is 4.74 Å². The summed E-state index contributed by atoms with van der Waals surface area (Å²) in [4.78, 5) is 0. The van der Waals surface area contributed by atoms with Crippen LogP contribution in [0.5, 0.6) is 0 Å². The fraction of sp³-hybridized carbons (Fsp3) is 0.625. The van der Waals surface area contributed by atoms with Crippen LogP contribution in [0.15, 0.2) is 24.3 Å². The zero-order chi connectivity index (χ0) is 13.4. The fourth-order valence-electron chi connectivity index (χ4n) is 2.14. The van der Waals surface area contributed by atoms with Gasteiger partial charge in [-0.2, -0.15) is 0 Å². The van der Waals surface area contributed by atoms with E-state index >= 15 is 0 Å². The molecule has 0 aliphatic heterocycles. The first-order valence-electron chi connectivity index (χ1n) is 6.98. The predicted octanol–water partition coefficient (Wildman–Crippen LogP) is 3.37. The van der Waals surface area contributed by atoms with Crippen molar-refractivity contribution in [3.05, 3.63) is 35.4 Å². The molecule has 1 unspecified atom stereocenters. The van der Waals surface area contributed by atoms with Crippen molar-refractivity contribution in [3.8, 4) is 0 Å². The van der Waals surface area contributed by atoms with Crippen LogP contribution in [-0.4, -0.2) is 26.3 Å². The number of hydrogen-bond donors (Lipinski definition) is 1. The number of likely N-dealkylation sites (N-methyl/N-ethyl adjacent to an activating group) is 1. The summed E-state index contributed by atoms with van der Waals surface area (Å²) in [5.41, 5.74) is 2.83. The third-order valence-corrected chi connectivity index (χ3v) is 3.29. The summed E-state index contributed by atoms with van der Waals surface area (Å²) in [6.07, 6.45) is 2.24. The van der Waals surface area contributed by atoms with E-state index in [-0.39, 0.29) is 0 Å². The topological polar surface area (TPSA) is 21.3 Å². The Morgan fingerprint density at radius 3 is 2.33 bits per heavy atom. The minimum atomic E-state index is 0.463. The highest BCUT2D eigenvalue weighted by Gasteiger charge is 2.07. The summed E-state index contributed by atoms with van der Waals surface area (Å²) in [5.74, 6) is 0.613. The fourth-order valence-corrected chi connectivity index (χ4v) is 2.14. The van der Waals surface area contributed by atoms with Gasteiger partial charge in [0.2, 0.25) is 0 Å². The maximum Gasteiger partial charge on any atom is 0.0615 e. The number of hydrogen-bond acceptors (Lipinski definition) is 2. The molecule has 0 saturated carbocycles. The number of rotatable bonds is 8. The summed E-state index contributed by atoms with van der Waals surface area (Å²) >= 11 is 0. The minimum Gasteiger partial charge on any atom is -0.383 e. The molecule has 0 aromatic heterocycles. The van der Waals surface area contributed by atoms with Crippen LogP contribution in [0.25, 0.3) is 0 Å². The van der Waals surface area contributed by atoms with Crippen LogP contribution in [0.3, 0.4) is 0 Å². The van der Waals surface area contributed by atoms with Crippen molar-refractivity contribution in [2.75, 3.05) is 20.3 Å². The van der Waals surface area contributed by atoms with E-state index < -0.39 is 0 Å². The smallest absolute Gasteiger partial charge is 0.0615 e. The van der Waals surface area contributed by atoms with Crippen LogP contribution >= 0.6 is 0 Å². The molecule has 0 aliphatic rings. The van der Waals surface area contributed by atoms with Gasteiger partial charge in [0.1, 0.15) is 0 Å². The molecule has 0 amide bonds. The molecule has 0 saturated heterocycles. The Bertz CT molecular complexity index is 312. The largest absolute Gasteiger partial charge is 0.383 e. The van der Waals surface area contributed by atoms with Crippen molar-refractivity contribution in [3.63, 3.8) is 0 Å². The lowest BCUT2D eigenvalue weighted by Crippen LogP contribution is -2.33. The van der Waals surface area contributed by atoms with Gasteiger partial charge in [-0.1, -0.05) is 45.0 Å². The zero-order valence-electron chi connectivity index (χ0n) is 12.2. The summed E-state index contributed by atoms with van der Waals surface area (Å²) in [5, 5.41) is 3.46. The van der Waals surface area contributed by atoms with Crippen molar-refractivity contribution < 1.29 is 4.74 Å². The number of aryl methyl sites for hydroxylation is 1. The van der Waals surface area contributed by atoms with Crippen LogP contribution in [0.1, 0.15) is 44.2 Å². The molecule has 1 N–H and O–H groups in total. The molecule has 102 valence electrons. The van der Waals surface area contributed by atoms with E-state index in [1.807, 2.05) is 0 Å². The van der Waals surface area contributed by atoms with Crippen molar-refractivity contribution >= 4 is 0 Å². The average molecular weight is 249 g/mol. The molecule has 18 heavy (non-hydrogen) atoms. The number of methoxy groups -OCH3 is 1. The molecule has 1 aromatic carbocycles. The molecular weight excluding hydrogens is 222 g/mol. The Labute approximate surface area is 112 Å². The zero-order valence-corrected chi connectivity index (χ0v) is 12.2. The second-order valence-electron chi connectivity index (χ2n) is 5.14. The monoisotopic (exact) mass is 249 g/mol. The van der Waals surface area contributed by atoms with Crippen molar-refractivity contribution in [2.45, 2.75) is 45.6 Å². The maximum absolute atomic E-state index is 5.23. The van der Waals surface area contributed by atoms with Crippen molar-refractivity contribution in [2.24, 2.45) is 0 Å². The van der Waals surface area contributed by atoms with Gasteiger partial charge in [0.05, 0.1) is 6.61 Å². The van der Waals surface area contributed by atoms with E-state index in [1.54, 1.807) is 7.11 Å². The van der Waals surface area contributed by atoms with E-state index in [2.05, 4.69) is 50.4 Å². The number of ether oxygens (including phenoxy) is 1. The normalized spacial score (nSPS) is 12.9. The van der Waals surface area contributed by atoms with Gasteiger partial charge < -0.3 is 10.1 Å². The summed E-state index contributed by atoms with van der Waals surface area (Å²) < 4.78 is 5.23. The number of benzene rings is 1. The molecule has 0 radical (unpaired) electrons. The van der Waals surface area contributed by atoms with E-state index in [9.17, 15) is 0 Å². The Kier molecular flexibility index (Phi) is 6.99. The first kappa shape index (κ1) is 15.2. The lowest BCUT2D eigenvalue weighted by Gasteiger charge is -2.17. The Balaban J connectivity index is 2.46. The lowest BCUT2D eigenvalue weighted by molar-refractivity contribution is 0.163. The first-order chi connectivity index (χ1) is 8.67. The van der Waals surface area contributed by atoms with Gasteiger partial charge in [0.25, 0.3) is 0 Å². The molecule has 0 bridgehead atoms. The molecule has 2 heteroatoms. The quantitative estimate of drug-likeness (QED) is 0.762. The highest BCUT2D eigenvalue weighted by molar-refractivity contribution is 5.24. The van der Waals surface area contributed by atoms with Crippen molar-refractivity contribution in [1.82, 2.24) is 5.32 Å². The Hall–Kier alpha value is -0.860. The van der Waals surface area contributed by atoms with Gasteiger partial charge in [0, 0.05) is 13.2 Å². The lowest BCUT2D eigenvalue weighted by atomic mass is 9.99. The molecule has 0 spiro atoms. The van der Waals surface area contributed by atoms with Crippen LogP contribution in [0, 0.1) is 0 Å². The van der Waals surface area contributed by atoms with Gasteiger partial charge in [-0.3, -0.25) is 0 Å². The second kappa shape index (κ2) is 8.28. The van der Waals surface area contributed by atoms with Gasteiger partial charge >= 0.3 is 0 Å². The molecule has 1 rings (SSSR count). The summed E-state index contributed by atoms with van der Waals surface area (Å²) in [6, 6.07) is 9.47. The molecule has 1 aromatic rings. The standard InChI is InChI=1S/C16H27NO/c1-5-17-16(12-18-4)11-8-14-6-9-15(10-7-14)13(2)3/h6-7,9-10,13,16-17H,5,8,11-12H2,1-4H3. The second-order valence-corrected chi connectivity index (χ2v) is 5.14. The van der Waals surface area contributed by atoms with Crippen LogP contribution in [-0.2, 0) is 11.2 Å². The third-order valence-electron chi connectivity index (χ3n) is 3.29. The molecule has 2 nitrogen and oxygen atoms in total. The highest BCUT2D eigenvalue weighted by Crippen LogP contribution is 2.15. The van der Waals surface area contributed by atoms with Gasteiger partial charge in [-0.25, -0.2) is 0 Å². The molecule has 1 atom stereocenters.